The van der Waals surface area contributed by atoms with E-state index in [1.807, 2.05) is 21.0 Å². The van der Waals surface area contributed by atoms with Crippen LogP contribution in [0.25, 0.3) is 0 Å². The average Bonchev–Trinajstić information content (AvgIpc) is 2.17. The zero-order valence-electron chi connectivity index (χ0n) is 10.3. The van der Waals surface area contributed by atoms with Gasteiger partial charge in [0.05, 0.1) is 0 Å². The van der Waals surface area contributed by atoms with E-state index in [0.29, 0.717) is 0 Å². The van der Waals surface area contributed by atoms with Crippen molar-refractivity contribution in [1.82, 2.24) is 0 Å². The van der Waals surface area contributed by atoms with Crippen LogP contribution in [0.4, 0.5) is 5.69 Å². The van der Waals surface area contributed by atoms with Crippen LogP contribution >= 0.6 is 0 Å². The molecule has 0 fully saturated rings. The van der Waals surface area contributed by atoms with Crippen LogP contribution in [0, 0.1) is 0 Å². The number of hydrogen-bond donors (Lipinski definition) is 2. The van der Waals surface area contributed by atoms with Crippen molar-refractivity contribution < 1.29 is 9.90 Å². The van der Waals surface area contributed by atoms with E-state index in [1.54, 1.807) is 0 Å². The quantitative estimate of drug-likeness (QED) is 0.804. The van der Waals surface area contributed by atoms with E-state index < -0.39 is 5.97 Å². The largest absolute Gasteiger partial charge is 0.481 e. The van der Waals surface area contributed by atoms with Crippen LogP contribution in [0.2, 0.25) is 0 Å². The Balaban J connectivity index is 0.000000487. The summed E-state index contributed by atoms with van der Waals surface area (Å²) in [4.78, 5) is 11.1. The van der Waals surface area contributed by atoms with E-state index in [2.05, 4.69) is 29.2 Å². The van der Waals surface area contributed by atoms with E-state index in [0.717, 1.165) is 6.92 Å². The highest BCUT2D eigenvalue weighted by atomic mass is 16.4. The lowest BCUT2D eigenvalue weighted by Crippen LogP contribution is -2.09. The van der Waals surface area contributed by atoms with E-state index in [1.165, 1.54) is 11.3 Å². The molecule has 1 aromatic carbocycles. The number of anilines is 1. The van der Waals surface area contributed by atoms with Gasteiger partial charge in [-0.15, -0.1) is 0 Å². The van der Waals surface area contributed by atoms with Crippen molar-refractivity contribution in [1.29, 1.82) is 0 Å². The molecule has 0 bridgehead atoms. The molecule has 0 saturated heterocycles. The number of nitrogens with two attached hydrogens (primary N) is 1. The Bertz CT molecular complexity index is 287. The maximum absolute atomic E-state index is 9.00. The summed E-state index contributed by atoms with van der Waals surface area (Å²) >= 11 is 0. The lowest BCUT2D eigenvalue weighted by Gasteiger charge is -2.13. The van der Waals surface area contributed by atoms with Gasteiger partial charge in [-0.25, -0.2) is 0 Å². The number of carbonyl (C=O) groups is 1. The average molecular weight is 224 g/mol. The van der Waals surface area contributed by atoms with E-state index in [-0.39, 0.29) is 6.04 Å². The van der Waals surface area contributed by atoms with Crippen molar-refractivity contribution in [3.05, 3.63) is 29.8 Å². The molecule has 0 spiro atoms. The summed E-state index contributed by atoms with van der Waals surface area (Å²) in [7, 11) is 4.06. The SMILES string of the molecule is CC(=O)O.CC(N)c1ccc(N(C)C)cc1. The Kier molecular flexibility index (Phi) is 6.18. The Labute approximate surface area is 96.7 Å². The molecule has 0 heterocycles. The molecule has 0 aliphatic heterocycles. The molecule has 3 N–H and O–H groups in total. The van der Waals surface area contributed by atoms with Gasteiger partial charge < -0.3 is 15.7 Å². The smallest absolute Gasteiger partial charge is 0.300 e. The molecular weight excluding hydrogens is 204 g/mol. The van der Waals surface area contributed by atoms with Crippen LogP contribution in [0.1, 0.15) is 25.5 Å². The fourth-order valence-electron chi connectivity index (χ4n) is 1.08. The molecule has 1 rings (SSSR count). The molecule has 0 saturated carbocycles. The zero-order chi connectivity index (χ0) is 12.7. The maximum atomic E-state index is 9.00. The number of hydrogen-bond acceptors (Lipinski definition) is 3. The Hall–Kier alpha value is -1.55. The van der Waals surface area contributed by atoms with Crippen LogP contribution in [-0.2, 0) is 4.79 Å². The molecule has 1 unspecified atom stereocenters. The van der Waals surface area contributed by atoms with Crippen molar-refractivity contribution in [2.24, 2.45) is 5.73 Å². The van der Waals surface area contributed by atoms with Gasteiger partial charge in [0.15, 0.2) is 0 Å². The minimum atomic E-state index is -0.833. The molecular formula is C12H20N2O2. The van der Waals surface area contributed by atoms with Crippen LogP contribution in [0.3, 0.4) is 0 Å². The van der Waals surface area contributed by atoms with Gasteiger partial charge in [-0.1, -0.05) is 12.1 Å². The molecule has 0 amide bonds. The summed E-state index contributed by atoms with van der Waals surface area (Å²) in [6.07, 6.45) is 0. The number of carboxylic acid groups (broad SMARTS) is 1. The van der Waals surface area contributed by atoms with Gasteiger partial charge in [-0.05, 0) is 24.6 Å². The van der Waals surface area contributed by atoms with Crippen molar-refractivity contribution in [2.45, 2.75) is 19.9 Å². The normalized spacial score (nSPS) is 11.1. The highest BCUT2D eigenvalue weighted by Gasteiger charge is 1.99. The lowest BCUT2D eigenvalue weighted by molar-refractivity contribution is -0.134. The van der Waals surface area contributed by atoms with Crippen molar-refractivity contribution in [3.63, 3.8) is 0 Å². The van der Waals surface area contributed by atoms with E-state index in [9.17, 15) is 0 Å². The monoisotopic (exact) mass is 224 g/mol. The summed E-state index contributed by atoms with van der Waals surface area (Å²) in [5.74, 6) is -0.833. The van der Waals surface area contributed by atoms with Crippen molar-refractivity contribution in [2.75, 3.05) is 19.0 Å². The summed E-state index contributed by atoms with van der Waals surface area (Å²) in [6.45, 7) is 3.07. The number of aliphatic carboxylic acids is 1. The Morgan fingerprint density at radius 3 is 1.94 bits per heavy atom. The second-order valence-corrected chi connectivity index (χ2v) is 3.79. The second-order valence-electron chi connectivity index (χ2n) is 3.79. The minimum absolute atomic E-state index is 0.126. The predicted octanol–water partition coefficient (Wildman–Crippen LogP) is 1.86. The third-order valence-electron chi connectivity index (χ3n) is 1.94. The topological polar surface area (TPSA) is 66.6 Å². The highest BCUT2D eigenvalue weighted by molar-refractivity contribution is 5.62. The molecule has 90 valence electrons. The van der Waals surface area contributed by atoms with Crippen LogP contribution in [0.5, 0.6) is 0 Å². The van der Waals surface area contributed by atoms with E-state index in [4.69, 9.17) is 15.6 Å². The number of rotatable bonds is 2. The van der Waals surface area contributed by atoms with Gasteiger partial charge in [-0.3, -0.25) is 4.79 Å². The van der Waals surface area contributed by atoms with E-state index >= 15 is 0 Å². The molecule has 0 aromatic heterocycles. The van der Waals surface area contributed by atoms with Crippen LogP contribution in [-0.4, -0.2) is 25.2 Å². The third kappa shape index (κ3) is 6.03. The summed E-state index contributed by atoms with van der Waals surface area (Å²) in [5.41, 5.74) is 8.12. The molecule has 16 heavy (non-hydrogen) atoms. The predicted molar refractivity (Wildman–Crippen MR) is 66.7 cm³/mol. The molecule has 0 aliphatic rings. The molecule has 0 radical (unpaired) electrons. The number of nitrogens with zero attached hydrogens (tertiary/aromatic N) is 1. The zero-order valence-corrected chi connectivity index (χ0v) is 10.3. The van der Waals surface area contributed by atoms with Crippen LogP contribution < -0.4 is 10.6 Å². The molecule has 1 aromatic rings. The first-order valence-electron chi connectivity index (χ1n) is 5.07. The van der Waals surface area contributed by atoms with Crippen molar-refractivity contribution >= 4 is 11.7 Å². The molecule has 1 atom stereocenters. The summed E-state index contributed by atoms with van der Waals surface area (Å²) in [6, 6.07) is 8.43. The first-order chi connectivity index (χ1) is 7.34. The van der Waals surface area contributed by atoms with Gasteiger partial charge >= 0.3 is 0 Å². The fourth-order valence-corrected chi connectivity index (χ4v) is 1.08. The molecule has 0 aliphatic carbocycles. The summed E-state index contributed by atoms with van der Waals surface area (Å²) < 4.78 is 0. The molecule has 4 nitrogen and oxygen atoms in total. The lowest BCUT2D eigenvalue weighted by atomic mass is 10.1. The molecule has 4 heteroatoms. The standard InChI is InChI=1S/C10H16N2.C2H4O2/c1-8(11)9-4-6-10(7-5-9)12(2)3;1-2(3)4/h4-8H,11H2,1-3H3;1H3,(H,3,4). The first-order valence-corrected chi connectivity index (χ1v) is 5.07. The van der Waals surface area contributed by atoms with Gasteiger partial charge in [0.25, 0.3) is 5.97 Å². The number of benzene rings is 1. The summed E-state index contributed by atoms with van der Waals surface area (Å²) in [5, 5.41) is 7.42. The first kappa shape index (κ1) is 14.5. The van der Waals surface area contributed by atoms with Crippen molar-refractivity contribution in [3.8, 4) is 0 Å². The van der Waals surface area contributed by atoms with Gasteiger partial charge in [-0.2, -0.15) is 0 Å². The third-order valence-corrected chi connectivity index (χ3v) is 1.94. The highest BCUT2D eigenvalue weighted by Crippen LogP contribution is 2.15. The van der Waals surface area contributed by atoms with Gasteiger partial charge in [0.1, 0.15) is 0 Å². The number of carboxylic acids is 1. The Morgan fingerprint density at radius 1 is 1.31 bits per heavy atom. The van der Waals surface area contributed by atoms with Crippen LogP contribution in [0.15, 0.2) is 24.3 Å². The Morgan fingerprint density at radius 2 is 1.69 bits per heavy atom. The fraction of sp³-hybridized carbons (Fsp3) is 0.417. The minimum Gasteiger partial charge on any atom is -0.481 e. The second kappa shape index (κ2) is 6.85. The van der Waals surface area contributed by atoms with Gasteiger partial charge in [0, 0.05) is 32.7 Å². The maximum Gasteiger partial charge on any atom is 0.300 e. The van der Waals surface area contributed by atoms with Gasteiger partial charge in [0.2, 0.25) is 0 Å².